The monoisotopic (exact) mass is 457 g/mol. The first-order chi connectivity index (χ1) is 13.4. The summed E-state index contributed by atoms with van der Waals surface area (Å²) in [6.07, 6.45) is 1.51. The predicted molar refractivity (Wildman–Crippen MR) is 118 cm³/mol. The number of nitrogens with zero attached hydrogens (tertiary/aromatic N) is 2. The fourth-order valence-corrected chi connectivity index (χ4v) is 4.03. The van der Waals surface area contributed by atoms with Gasteiger partial charge >= 0.3 is 0 Å². The predicted octanol–water partition coefficient (Wildman–Crippen LogP) is 4.84. The molecule has 0 aromatic heterocycles. The Kier molecular flexibility index (Phi) is 6.16. The van der Waals surface area contributed by atoms with Crippen LogP contribution in [0, 0.1) is 6.92 Å². The maximum atomic E-state index is 12.4. The highest BCUT2D eigenvalue weighted by atomic mass is 79.9. The average molecular weight is 458 g/mol. The number of hydrazone groups is 1. The second-order valence-corrected chi connectivity index (χ2v) is 8.75. The van der Waals surface area contributed by atoms with Crippen LogP contribution in [0.5, 0.6) is 0 Å². The Bertz CT molecular complexity index is 1100. The topological polar surface area (TPSA) is 61.8 Å². The molecule has 3 rings (SSSR count). The van der Waals surface area contributed by atoms with Crippen molar-refractivity contribution in [2.24, 2.45) is 5.10 Å². The summed E-state index contributed by atoms with van der Waals surface area (Å²) in [5.41, 5.74) is 3.66. The van der Waals surface area contributed by atoms with Crippen LogP contribution in [-0.2, 0) is 10.0 Å². The minimum absolute atomic E-state index is 0.175. The maximum absolute atomic E-state index is 12.4. The van der Waals surface area contributed by atoms with Crippen molar-refractivity contribution in [3.05, 3.63) is 88.4 Å². The quantitative estimate of drug-likeness (QED) is 0.425. The molecule has 0 unspecified atom stereocenters. The van der Waals surface area contributed by atoms with Crippen molar-refractivity contribution in [2.45, 2.75) is 11.8 Å². The highest BCUT2D eigenvalue weighted by Crippen LogP contribution is 2.31. The smallest absolute Gasteiger partial charge is 0.276 e. The van der Waals surface area contributed by atoms with E-state index in [1.165, 1.54) is 6.21 Å². The summed E-state index contributed by atoms with van der Waals surface area (Å²) in [6.45, 7) is 1.90. The van der Waals surface area contributed by atoms with Gasteiger partial charge in [-0.05, 0) is 53.2 Å². The van der Waals surface area contributed by atoms with Gasteiger partial charge in [0.2, 0.25) is 0 Å². The van der Waals surface area contributed by atoms with Gasteiger partial charge in [0.1, 0.15) is 0 Å². The number of hydrogen-bond acceptors (Lipinski definition) is 4. The lowest BCUT2D eigenvalue weighted by Gasteiger charge is -2.22. The van der Waals surface area contributed by atoms with E-state index in [1.54, 1.807) is 24.3 Å². The molecule has 7 heteroatoms. The molecule has 0 radical (unpaired) electrons. The molecular formula is C21H20BrN3O2S. The molecule has 28 heavy (non-hydrogen) atoms. The molecule has 0 spiro atoms. The SMILES string of the molecule is Cc1ccc(S(=O)(=O)N/N=C/c2ccccc2N(C)c2ccccc2Br)cc1. The Morgan fingerprint density at radius 3 is 2.21 bits per heavy atom. The van der Waals surface area contributed by atoms with Crippen molar-refractivity contribution >= 4 is 43.5 Å². The van der Waals surface area contributed by atoms with Gasteiger partial charge in [0.05, 0.1) is 16.8 Å². The van der Waals surface area contributed by atoms with Crippen LogP contribution < -0.4 is 9.73 Å². The molecule has 144 valence electrons. The molecule has 3 aromatic carbocycles. The number of hydrogen-bond donors (Lipinski definition) is 1. The maximum Gasteiger partial charge on any atom is 0.276 e. The summed E-state index contributed by atoms with van der Waals surface area (Å²) in [5.74, 6) is 0. The summed E-state index contributed by atoms with van der Waals surface area (Å²) in [5, 5.41) is 3.97. The van der Waals surface area contributed by atoms with E-state index in [2.05, 4.69) is 25.9 Å². The van der Waals surface area contributed by atoms with Gasteiger partial charge in [-0.3, -0.25) is 0 Å². The van der Waals surface area contributed by atoms with Gasteiger partial charge in [-0.25, -0.2) is 4.83 Å². The zero-order valence-electron chi connectivity index (χ0n) is 15.5. The molecule has 0 aliphatic carbocycles. The lowest BCUT2D eigenvalue weighted by Crippen LogP contribution is -2.18. The summed E-state index contributed by atoms with van der Waals surface area (Å²) in [6, 6.07) is 22.1. The van der Waals surface area contributed by atoms with Crippen molar-refractivity contribution < 1.29 is 8.42 Å². The molecule has 0 heterocycles. The molecule has 0 aliphatic rings. The highest BCUT2D eigenvalue weighted by molar-refractivity contribution is 9.10. The first kappa shape index (κ1) is 20.1. The number of halogens is 1. The molecule has 0 saturated heterocycles. The summed E-state index contributed by atoms with van der Waals surface area (Å²) >= 11 is 3.56. The van der Waals surface area contributed by atoms with Crippen LogP contribution in [0.2, 0.25) is 0 Å². The van der Waals surface area contributed by atoms with Crippen LogP contribution in [-0.4, -0.2) is 21.7 Å². The average Bonchev–Trinajstić information content (AvgIpc) is 2.68. The van der Waals surface area contributed by atoms with E-state index in [0.29, 0.717) is 0 Å². The summed E-state index contributed by atoms with van der Waals surface area (Å²) in [4.78, 5) is 4.46. The minimum atomic E-state index is -3.71. The van der Waals surface area contributed by atoms with Crippen LogP contribution in [0.25, 0.3) is 0 Å². The Labute approximate surface area is 173 Å². The normalized spacial score (nSPS) is 11.5. The standard InChI is InChI=1S/C21H20BrN3O2S/c1-16-11-13-18(14-12-16)28(26,27)24-23-15-17-7-3-5-9-20(17)25(2)21-10-6-4-8-19(21)22/h3-15,24H,1-2H3/b23-15+. The van der Waals surface area contributed by atoms with Crippen LogP contribution in [0.4, 0.5) is 11.4 Å². The molecule has 0 fully saturated rings. The van der Waals surface area contributed by atoms with E-state index in [0.717, 1.165) is 27.0 Å². The summed E-state index contributed by atoms with van der Waals surface area (Å²) in [7, 11) is -1.76. The number of benzene rings is 3. The van der Waals surface area contributed by atoms with E-state index in [1.807, 2.05) is 67.4 Å². The third-order valence-corrected chi connectivity index (χ3v) is 6.13. The molecular weight excluding hydrogens is 438 g/mol. The van der Waals surface area contributed by atoms with Crippen LogP contribution in [0.1, 0.15) is 11.1 Å². The fourth-order valence-electron chi connectivity index (χ4n) is 2.69. The molecule has 0 atom stereocenters. The van der Waals surface area contributed by atoms with Crippen molar-refractivity contribution in [2.75, 3.05) is 11.9 Å². The van der Waals surface area contributed by atoms with Gasteiger partial charge in [-0.2, -0.15) is 13.5 Å². The number of aryl methyl sites for hydroxylation is 1. The third kappa shape index (κ3) is 4.61. The number of para-hydroxylation sites is 2. The molecule has 3 aromatic rings. The Hall–Kier alpha value is -2.64. The van der Waals surface area contributed by atoms with Crippen molar-refractivity contribution in [1.29, 1.82) is 0 Å². The Balaban J connectivity index is 1.83. The van der Waals surface area contributed by atoms with Gasteiger partial charge in [0, 0.05) is 22.8 Å². The van der Waals surface area contributed by atoms with E-state index in [-0.39, 0.29) is 4.90 Å². The molecule has 0 bridgehead atoms. The Morgan fingerprint density at radius 2 is 1.54 bits per heavy atom. The van der Waals surface area contributed by atoms with Gasteiger partial charge in [0.25, 0.3) is 10.0 Å². The fraction of sp³-hybridized carbons (Fsp3) is 0.0952. The van der Waals surface area contributed by atoms with E-state index in [9.17, 15) is 8.42 Å². The van der Waals surface area contributed by atoms with Gasteiger partial charge in [-0.1, -0.05) is 48.0 Å². The summed E-state index contributed by atoms with van der Waals surface area (Å²) < 4.78 is 25.7. The minimum Gasteiger partial charge on any atom is -0.343 e. The lowest BCUT2D eigenvalue weighted by atomic mass is 10.1. The number of rotatable bonds is 6. The van der Waals surface area contributed by atoms with Gasteiger partial charge in [0.15, 0.2) is 0 Å². The lowest BCUT2D eigenvalue weighted by molar-refractivity contribution is 0.584. The van der Waals surface area contributed by atoms with Crippen LogP contribution in [0.15, 0.2) is 87.3 Å². The molecule has 1 N–H and O–H groups in total. The van der Waals surface area contributed by atoms with E-state index >= 15 is 0 Å². The molecule has 0 saturated carbocycles. The Morgan fingerprint density at radius 1 is 0.929 bits per heavy atom. The van der Waals surface area contributed by atoms with Gasteiger partial charge < -0.3 is 4.90 Å². The van der Waals surface area contributed by atoms with E-state index < -0.39 is 10.0 Å². The zero-order chi connectivity index (χ0) is 20.1. The van der Waals surface area contributed by atoms with Crippen molar-refractivity contribution in [3.8, 4) is 0 Å². The van der Waals surface area contributed by atoms with Crippen LogP contribution >= 0.6 is 15.9 Å². The first-order valence-corrected chi connectivity index (χ1v) is 10.8. The number of anilines is 2. The third-order valence-electron chi connectivity index (χ3n) is 4.22. The zero-order valence-corrected chi connectivity index (χ0v) is 17.9. The number of nitrogens with one attached hydrogen (secondary N) is 1. The second-order valence-electron chi connectivity index (χ2n) is 6.24. The van der Waals surface area contributed by atoms with Crippen molar-refractivity contribution in [1.82, 2.24) is 4.83 Å². The molecule has 5 nitrogen and oxygen atoms in total. The molecule has 0 amide bonds. The second kappa shape index (κ2) is 8.58. The highest BCUT2D eigenvalue weighted by Gasteiger charge is 2.13. The van der Waals surface area contributed by atoms with Gasteiger partial charge in [-0.15, -0.1) is 0 Å². The van der Waals surface area contributed by atoms with Crippen molar-refractivity contribution in [3.63, 3.8) is 0 Å². The number of sulfonamides is 1. The van der Waals surface area contributed by atoms with Crippen LogP contribution in [0.3, 0.4) is 0 Å². The van der Waals surface area contributed by atoms with E-state index in [4.69, 9.17) is 0 Å². The first-order valence-electron chi connectivity index (χ1n) is 8.57. The molecule has 0 aliphatic heterocycles. The largest absolute Gasteiger partial charge is 0.343 e.